The molecule has 3 N–H and O–H groups in total. The molecule has 9 heteroatoms. The van der Waals surface area contributed by atoms with E-state index in [1.807, 2.05) is 18.2 Å². The number of hydrogen-bond acceptors (Lipinski definition) is 6. The molecule has 1 atom stereocenters. The molecule has 0 spiro atoms. The molecule has 6 nitrogen and oxygen atoms in total. The number of aromatic nitrogens is 1. The maximum Gasteiger partial charge on any atom is 0.240 e. The van der Waals surface area contributed by atoms with Crippen molar-refractivity contribution in [1.82, 2.24) is 4.98 Å². The first-order chi connectivity index (χ1) is 10.1. The van der Waals surface area contributed by atoms with Crippen LogP contribution in [0.1, 0.15) is 6.92 Å². The van der Waals surface area contributed by atoms with Crippen LogP contribution in [-0.4, -0.2) is 43.2 Å². The quantitative estimate of drug-likeness (QED) is 0.855. The number of halogens is 2. The molecule has 128 valence electrons. The molecule has 2 aromatic rings. The Labute approximate surface area is 151 Å². The van der Waals surface area contributed by atoms with Crippen molar-refractivity contribution in [3.8, 4) is 0 Å². The van der Waals surface area contributed by atoms with E-state index in [1.165, 1.54) is 0 Å². The van der Waals surface area contributed by atoms with Gasteiger partial charge in [-0.1, -0.05) is 11.3 Å². The minimum atomic E-state index is -0.522. The number of carbonyl (C=O) groups excluding carboxylic acids is 1. The zero-order chi connectivity index (χ0) is 14.8. The van der Waals surface area contributed by atoms with Crippen LogP contribution < -0.4 is 16.0 Å². The third-order valence-corrected chi connectivity index (χ3v) is 4.42. The average molecular weight is 379 g/mol. The van der Waals surface area contributed by atoms with Gasteiger partial charge in [0, 0.05) is 18.8 Å². The van der Waals surface area contributed by atoms with Crippen molar-refractivity contribution < 1.29 is 9.53 Å². The van der Waals surface area contributed by atoms with Crippen LogP contribution in [0.3, 0.4) is 0 Å². The van der Waals surface area contributed by atoms with Crippen LogP contribution in [0.25, 0.3) is 10.2 Å². The second kappa shape index (κ2) is 8.65. The van der Waals surface area contributed by atoms with E-state index in [-0.39, 0.29) is 30.7 Å². The number of rotatable bonds is 3. The summed E-state index contributed by atoms with van der Waals surface area (Å²) < 4.78 is 6.41. The van der Waals surface area contributed by atoms with Crippen molar-refractivity contribution in [2.24, 2.45) is 5.73 Å². The van der Waals surface area contributed by atoms with E-state index >= 15 is 0 Å². The maximum atomic E-state index is 11.6. The Morgan fingerprint density at radius 2 is 2.09 bits per heavy atom. The van der Waals surface area contributed by atoms with Crippen molar-refractivity contribution in [3.63, 3.8) is 0 Å². The lowest BCUT2D eigenvalue weighted by atomic mass is 10.2. The first kappa shape index (κ1) is 19.9. The van der Waals surface area contributed by atoms with Crippen molar-refractivity contribution in [1.29, 1.82) is 0 Å². The lowest BCUT2D eigenvalue weighted by Gasteiger charge is -2.25. The van der Waals surface area contributed by atoms with Gasteiger partial charge in [0.2, 0.25) is 5.91 Å². The molecule has 2 heterocycles. The second-order valence-electron chi connectivity index (χ2n) is 5.06. The predicted octanol–water partition coefficient (Wildman–Crippen LogP) is 2.26. The minimum absolute atomic E-state index is 0. The number of hydrogen-bond donors (Lipinski definition) is 2. The number of carbonyl (C=O) groups is 1. The van der Waals surface area contributed by atoms with Crippen LogP contribution in [0, 0.1) is 0 Å². The van der Waals surface area contributed by atoms with Crippen LogP contribution in [-0.2, 0) is 9.53 Å². The van der Waals surface area contributed by atoms with Gasteiger partial charge in [-0.25, -0.2) is 4.98 Å². The van der Waals surface area contributed by atoms with Gasteiger partial charge in [-0.2, -0.15) is 0 Å². The van der Waals surface area contributed by atoms with Gasteiger partial charge in [0.1, 0.15) is 0 Å². The van der Waals surface area contributed by atoms with E-state index < -0.39 is 6.04 Å². The summed E-state index contributed by atoms with van der Waals surface area (Å²) in [4.78, 5) is 18.5. The van der Waals surface area contributed by atoms with Crippen LogP contribution in [0.4, 0.5) is 10.8 Å². The van der Waals surface area contributed by atoms with Crippen LogP contribution in [0.5, 0.6) is 0 Å². The number of fused-ring (bicyclic) bond motifs is 1. The van der Waals surface area contributed by atoms with Gasteiger partial charge in [-0.05, 0) is 25.1 Å². The molecule has 3 rings (SSSR count). The number of morpholine rings is 1. The Morgan fingerprint density at radius 3 is 2.74 bits per heavy atom. The van der Waals surface area contributed by atoms with Crippen molar-refractivity contribution >= 4 is 63.1 Å². The van der Waals surface area contributed by atoms with Gasteiger partial charge in [-0.15, -0.1) is 24.8 Å². The Hall–Kier alpha value is -1.12. The summed E-state index contributed by atoms with van der Waals surface area (Å²) in [5.41, 5.74) is 7.25. The first-order valence-electron chi connectivity index (χ1n) is 6.93. The van der Waals surface area contributed by atoms with Crippen LogP contribution >= 0.6 is 36.2 Å². The van der Waals surface area contributed by atoms with E-state index in [9.17, 15) is 4.79 Å². The number of thiazole rings is 1. The van der Waals surface area contributed by atoms with Crippen molar-refractivity contribution in [3.05, 3.63) is 18.2 Å². The van der Waals surface area contributed by atoms with Gasteiger partial charge in [0.05, 0.1) is 29.5 Å². The summed E-state index contributed by atoms with van der Waals surface area (Å²) >= 11 is 1.63. The summed E-state index contributed by atoms with van der Waals surface area (Å²) in [6.07, 6.45) is 0. The number of nitrogens with one attached hydrogen (secondary N) is 1. The van der Waals surface area contributed by atoms with E-state index in [4.69, 9.17) is 10.5 Å². The highest BCUT2D eigenvalue weighted by Crippen LogP contribution is 2.31. The number of benzene rings is 1. The Kier molecular flexibility index (Phi) is 7.50. The summed E-state index contributed by atoms with van der Waals surface area (Å²) in [7, 11) is 0. The number of amides is 1. The summed E-state index contributed by atoms with van der Waals surface area (Å²) in [5, 5.41) is 3.81. The van der Waals surface area contributed by atoms with Gasteiger partial charge in [0.15, 0.2) is 5.13 Å². The maximum absolute atomic E-state index is 11.6. The zero-order valence-corrected chi connectivity index (χ0v) is 15.1. The molecule has 1 aromatic carbocycles. The summed E-state index contributed by atoms with van der Waals surface area (Å²) in [6.45, 7) is 4.89. The van der Waals surface area contributed by atoms with E-state index in [0.29, 0.717) is 0 Å². The van der Waals surface area contributed by atoms with Crippen LogP contribution in [0.15, 0.2) is 18.2 Å². The van der Waals surface area contributed by atoms with Crippen molar-refractivity contribution in [2.45, 2.75) is 13.0 Å². The molecule has 1 aromatic heterocycles. The number of anilines is 2. The molecule has 1 aliphatic rings. The minimum Gasteiger partial charge on any atom is -0.378 e. The zero-order valence-electron chi connectivity index (χ0n) is 12.7. The monoisotopic (exact) mass is 378 g/mol. The first-order valence-corrected chi connectivity index (χ1v) is 7.75. The third-order valence-electron chi connectivity index (χ3n) is 3.34. The topological polar surface area (TPSA) is 80.5 Å². The standard InChI is InChI=1S/C14H18N4O2S.2ClH/c1-9(15)13(19)16-10-2-3-11-12(8-10)21-14(17-11)18-4-6-20-7-5-18;;/h2-3,8-9H,4-7,15H2,1H3,(H,16,19);2*1H/t9-;;/m0../s1. The molecule has 1 fully saturated rings. The molecule has 0 aliphatic carbocycles. The molecule has 0 radical (unpaired) electrons. The number of ether oxygens (including phenoxy) is 1. The fourth-order valence-corrected chi connectivity index (χ4v) is 3.19. The summed E-state index contributed by atoms with van der Waals surface area (Å²) in [6, 6.07) is 5.20. The second-order valence-corrected chi connectivity index (χ2v) is 6.07. The molecular formula is C14H20Cl2N4O2S. The molecule has 1 amide bonds. The van der Waals surface area contributed by atoms with Gasteiger partial charge < -0.3 is 20.7 Å². The molecule has 0 unspecified atom stereocenters. The molecule has 1 aliphatic heterocycles. The highest BCUT2D eigenvalue weighted by molar-refractivity contribution is 7.22. The fraction of sp³-hybridized carbons (Fsp3) is 0.429. The highest BCUT2D eigenvalue weighted by atomic mass is 35.5. The Balaban J connectivity index is 0.00000132. The molecular weight excluding hydrogens is 359 g/mol. The number of nitrogens with zero attached hydrogens (tertiary/aromatic N) is 2. The third kappa shape index (κ3) is 4.68. The molecule has 23 heavy (non-hydrogen) atoms. The van der Waals surface area contributed by atoms with Gasteiger partial charge in [0.25, 0.3) is 0 Å². The van der Waals surface area contributed by atoms with Crippen LogP contribution in [0.2, 0.25) is 0 Å². The highest BCUT2D eigenvalue weighted by Gasteiger charge is 2.16. The lowest BCUT2D eigenvalue weighted by Crippen LogP contribution is -2.36. The van der Waals surface area contributed by atoms with E-state index in [1.54, 1.807) is 18.3 Å². The van der Waals surface area contributed by atoms with Crippen molar-refractivity contribution in [2.75, 3.05) is 36.5 Å². The SMILES string of the molecule is C[C@H](N)C(=O)Nc1ccc2nc(N3CCOCC3)sc2c1.Cl.Cl. The smallest absolute Gasteiger partial charge is 0.240 e. The number of nitrogens with two attached hydrogens (primary N) is 1. The lowest BCUT2D eigenvalue weighted by molar-refractivity contribution is -0.117. The largest absolute Gasteiger partial charge is 0.378 e. The average Bonchev–Trinajstić information content (AvgIpc) is 2.91. The predicted molar refractivity (Wildman–Crippen MR) is 99.4 cm³/mol. The fourth-order valence-electron chi connectivity index (χ4n) is 2.14. The molecule has 0 bridgehead atoms. The van der Waals surface area contributed by atoms with Gasteiger partial charge in [-0.3, -0.25) is 4.79 Å². The molecule has 0 saturated carbocycles. The van der Waals surface area contributed by atoms with E-state index in [0.717, 1.165) is 47.3 Å². The summed E-state index contributed by atoms with van der Waals surface area (Å²) in [5.74, 6) is -0.188. The van der Waals surface area contributed by atoms with E-state index in [2.05, 4.69) is 15.2 Å². The normalized spacial score (nSPS) is 15.5. The van der Waals surface area contributed by atoms with Gasteiger partial charge >= 0.3 is 0 Å². The molecule has 1 saturated heterocycles. The Bertz CT molecular complexity index is 659. The Morgan fingerprint density at radius 1 is 1.39 bits per heavy atom.